The number of piperidine rings is 1. The normalized spacial score (nSPS) is 19.9. The lowest BCUT2D eigenvalue weighted by atomic mass is 9.93. The van der Waals surface area contributed by atoms with Crippen LogP contribution in [0.15, 0.2) is 37.2 Å². The molecule has 15 nitrogen and oxygen atoms in total. The molecule has 0 bridgehead atoms. The Morgan fingerprint density at radius 2 is 1.43 bits per heavy atom. The van der Waals surface area contributed by atoms with Crippen molar-refractivity contribution >= 4 is 29.7 Å². The molecule has 3 aliphatic rings. The van der Waals surface area contributed by atoms with Crippen molar-refractivity contribution in [2.45, 2.75) is 88.9 Å². The van der Waals surface area contributed by atoms with Gasteiger partial charge in [0.05, 0.1) is 38.2 Å². The van der Waals surface area contributed by atoms with E-state index in [9.17, 15) is 19.2 Å². The number of rotatable bonds is 12. The number of likely N-dealkylation sites (tertiary alicyclic amines) is 2. The molecule has 4 unspecified atom stereocenters. The predicted molar refractivity (Wildman–Crippen MR) is 202 cm³/mol. The van der Waals surface area contributed by atoms with E-state index < -0.39 is 35.9 Å². The fraction of sp³-hybridized carbons (Fsp3) is 0.538. The Balaban J connectivity index is 1.09. The maximum atomic E-state index is 15.8. The van der Waals surface area contributed by atoms with E-state index >= 15 is 8.78 Å². The van der Waals surface area contributed by atoms with Gasteiger partial charge in [-0.15, -0.1) is 6.58 Å². The van der Waals surface area contributed by atoms with Crippen LogP contribution in [0.5, 0.6) is 0 Å². The number of H-pyrrole nitrogens is 2. The summed E-state index contributed by atoms with van der Waals surface area (Å²) < 4.78 is 40.9. The van der Waals surface area contributed by atoms with Crippen molar-refractivity contribution in [1.29, 1.82) is 0 Å². The number of nitrogens with one attached hydrogen (secondary N) is 4. The van der Waals surface area contributed by atoms with Gasteiger partial charge in [-0.2, -0.15) is 0 Å². The fourth-order valence-electron chi connectivity index (χ4n) is 8.12. The summed E-state index contributed by atoms with van der Waals surface area (Å²) in [4.78, 5) is 71.6. The largest absolute Gasteiger partial charge is 0.453 e. The van der Waals surface area contributed by atoms with Crippen LogP contribution in [0, 0.1) is 17.6 Å². The smallest absolute Gasteiger partial charge is 0.407 e. The number of imidazole rings is 2. The molecule has 0 radical (unpaired) electrons. The van der Waals surface area contributed by atoms with E-state index in [2.05, 4.69) is 37.1 Å². The molecule has 5 heterocycles. The van der Waals surface area contributed by atoms with Crippen molar-refractivity contribution < 1.29 is 37.4 Å². The van der Waals surface area contributed by atoms with Crippen LogP contribution in [0.4, 0.5) is 24.1 Å². The van der Waals surface area contributed by atoms with Crippen LogP contribution in [0.1, 0.15) is 94.1 Å². The van der Waals surface area contributed by atoms with Crippen molar-refractivity contribution in [3.05, 3.63) is 66.2 Å². The molecule has 302 valence electrons. The number of benzene rings is 1. The summed E-state index contributed by atoms with van der Waals surface area (Å²) in [6.45, 7) is 9.24. The summed E-state index contributed by atoms with van der Waals surface area (Å²) in [7, 11) is 2.49. The molecular formula is C39H51F2N9O6. The number of alkyl carbamates (subject to hydrolysis) is 2. The van der Waals surface area contributed by atoms with Gasteiger partial charge in [0.2, 0.25) is 11.8 Å². The fourth-order valence-corrected chi connectivity index (χ4v) is 8.12. The van der Waals surface area contributed by atoms with E-state index in [4.69, 9.17) is 9.47 Å². The maximum Gasteiger partial charge on any atom is 0.407 e. The average molecular weight is 780 g/mol. The van der Waals surface area contributed by atoms with Gasteiger partial charge in [-0.1, -0.05) is 19.9 Å². The van der Waals surface area contributed by atoms with Crippen molar-refractivity contribution in [1.82, 2.24) is 40.4 Å². The highest BCUT2D eigenvalue weighted by atomic mass is 19.1. The van der Waals surface area contributed by atoms with E-state index in [1.165, 1.54) is 32.5 Å². The number of carbonyl (C=O) groups excluding carboxylic acids is 4. The number of halogens is 2. The van der Waals surface area contributed by atoms with Gasteiger partial charge in [0.1, 0.15) is 41.1 Å². The summed E-state index contributed by atoms with van der Waals surface area (Å²) in [5, 5.41) is 5.22. The van der Waals surface area contributed by atoms with Gasteiger partial charge in [0, 0.05) is 49.6 Å². The number of hydrogen-bond acceptors (Lipinski definition) is 9. The molecule has 0 spiro atoms. The summed E-state index contributed by atoms with van der Waals surface area (Å²) in [5.74, 6) is -0.793. The van der Waals surface area contributed by atoms with Crippen LogP contribution in [0.25, 0.3) is 11.3 Å². The van der Waals surface area contributed by atoms with Crippen molar-refractivity contribution in [2.75, 3.05) is 45.3 Å². The molecule has 1 aromatic carbocycles. The second-order valence-corrected chi connectivity index (χ2v) is 14.9. The third kappa shape index (κ3) is 8.50. The monoisotopic (exact) mass is 779 g/mol. The Morgan fingerprint density at radius 1 is 0.857 bits per heavy atom. The second-order valence-electron chi connectivity index (χ2n) is 14.9. The highest BCUT2D eigenvalue weighted by Gasteiger charge is 2.39. The number of anilines is 1. The van der Waals surface area contributed by atoms with Gasteiger partial charge in [-0.25, -0.2) is 28.3 Å². The third-order valence-electron chi connectivity index (χ3n) is 11.1. The van der Waals surface area contributed by atoms with Crippen molar-refractivity contribution in [3.8, 4) is 11.3 Å². The number of nitrogens with zero attached hydrogens (tertiary/aromatic N) is 5. The number of aromatic nitrogens is 4. The SMILES string of the molecule is C=CCC(NC(=O)OC)C(=O)N1CCCC1c1ncc(C2CCN(c3c(F)cc(-c4cnc(C5CCCN5C(=O)C(NC(=O)OC)C(C)C)[nH]4)cc3F)CC2)[nH]1. The molecule has 17 heteroatoms. The molecule has 56 heavy (non-hydrogen) atoms. The van der Waals surface area contributed by atoms with Crippen LogP contribution < -0.4 is 15.5 Å². The minimum atomic E-state index is -0.798. The first-order valence-electron chi connectivity index (χ1n) is 19.2. The van der Waals surface area contributed by atoms with Crippen LogP contribution >= 0.6 is 0 Å². The highest BCUT2D eigenvalue weighted by molar-refractivity contribution is 5.87. The molecule has 4 atom stereocenters. The van der Waals surface area contributed by atoms with Crippen LogP contribution in [0.2, 0.25) is 0 Å². The molecule has 3 aromatic rings. The maximum absolute atomic E-state index is 15.8. The molecular weight excluding hydrogens is 728 g/mol. The molecule has 0 saturated carbocycles. The highest BCUT2D eigenvalue weighted by Crippen LogP contribution is 2.38. The Hall–Kier alpha value is -5.48. The Bertz CT molecular complexity index is 1880. The van der Waals surface area contributed by atoms with E-state index in [1.54, 1.807) is 27.0 Å². The Morgan fingerprint density at radius 3 is 2.02 bits per heavy atom. The lowest BCUT2D eigenvalue weighted by Gasteiger charge is -2.33. The van der Waals surface area contributed by atoms with E-state index in [0.717, 1.165) is 25.0 Å². The summed E-state index contributed by atoms with van der Waals surface area (Å²) >= 11 is 0. The van der Waals surface area contributed by atoms with E-state index in [-0.39, 0.29) is 47.8 Å². The molecule has 6 rings (SSSR count). The number of aromatic amines is 2. The first-order chi connectivity index (χ1) is 26.9. The molecule has 3 aliphatic heterocycles. The Kier molecular flexibility index (Phi) is 12.6. The van der Waals surface area contributed by atoms with Crippen LogP contribution in [-0.4, -0.2) is 106 Å². The second kappa shape index (κ2) is 17.5. The van der Waals surface area contributed by atoms with Crippen molar-refractivity contribution in [2.24, 2.45) is 5.92 Å². The predicted octanol–water partition coefficient (Wildman–Crippen LogP) is 5.47. The van der Waals surface area contributed by atoms with Gasteiger partial charge in [-0.3, -0.25) is 9.59 Å². The molecule has 3 saturated heterocycles. The van der Waals surface area contributed by atoms with Gasteiger partial charge >= 0.3 is 12.2 Å². The number of ether oxygens (including phenoxy) is 2. The summed E-state index contributed by atoms with van der Waals surface area (Å²) in [6.07, 6.45) is 7.91. The van der Waals surface area contributed by atoms with E-state index in [1.807, 2.05) is 13.8 Å². The number of carbonyl (C=O) groups is 4. The van der Waals surface area contributed by atoms with Gasteiger partial charge in [0.25, 0.3) is 0 Å². The number of amides is 4. The number of hydrogen-bond donors (Lipinski definition) is 4. The zero-order valence-electron chi connectivity index (χ0n) is 32.3. The first kappa shape index (κ1) is 40.2. The standard InChI is InChI=1S/C39H51F2N9O6/c1-6-9-27(46-38(53)55-4)36(51)49-14-7-10-30(49)34-42-20-28(44-34)23-12-16-48(17-13-23)33-25(40)18-24(19-26(33)41)29-21-43-35(45-29)31-11-8-15-50(31)37(52)32(22(2)3)47-39(54)56-5/h6,18-23,27,30-32H,1,7-17H2,2-5H3,(H,42,44)(H,43,45)(H,46,53)(H,47,54). The van der Waals surface area contributed by atoms with Crippen LogP contribution in [0.3, 0.4) is 0 Å². The Labute approximate surface area is 324 Å². The zero-order valence-corrected chi connectivity index (χ0v) is 32.3. The molecule has 4 amide bonds. The minimum Gasteiger partial charge on any atom is -0.453 e. The minimum absolute atomic E-state index is 0.0791. The summed E-state index contributed by atoms with van der Waals surface area (Å²) in [6, 6.07) is 0.351. The molecule has 3 fully saturated rings. The molecule has 0 aliphatic carbocycles. The quantitative estimate of drug-likeness (QED) is 0.174. The third-order valence-corrected chi connectivity index (χ3v) is 11.1. The van der Waals surface area contributed by atoms with Crippen molar-refractivity contribution in [3.63, 3.8) is 0 Å². The topological polar surface area (TPSA) is 178 Å². The van der Waals surface area contributed by atoms with Gasteiger partial charge in [-0.05, 0) is 63.0 Å². The molecule has 2 aromatic heterocycles. The van der Waals surface area contributed by atoms with Gasteiger partial charge in [0.15, 0.2) is 0 Å². The molecule has 4 N–H and O–H groups in total. The lowest BCUT2D eigenvalue weighted by molar-refractivity contribution is -0.135. The van der Waals surface area contributed by atoms with Crippen LogP contribution in [-0.2, 0) is 19.1 Å². The van der Waals surface area contributed by atoms with Gasteiger partial charge < -0.3 is 44.8 Å². The zero-order chi connectivity index (χ0) is 40.1. The summed E-state index contributed by atoms with van der Waals surface area (Å²) in [5.41, 5.74) is 1.53. The lowest BCUT2D eigenvalue weighted by Crippen LogP contribution is -2.51. The van der Waals surface area contributed by atoms with E-state index in [0.29, 0.717) is 68.3 Å². The number of methoxy groups -OCH3 is 2. The average Bonchev–Trinajstić information content (AvgIpc) is 4.02. The first-order valence-corrected chi connectivity index (χ1v) is 19.2.